The zero-order chi connectivity index (χ0) is 9.97. The molecule has 2 rings (SSSR count). The van der Waals surface area contributed by atoms with E-state index in [2.05, 4.69) is 23.0 Å². The summed E-state index contributed by atoms with van der Waals surface area (Å²) in [5, 5.41) is 0. The van der Waals surface area contributed by atoms with E-state index in [0.29, 0.717) is 11.7 Å². The Morgan fingerprint density at radius 2 is 2.14 bits per heavy atom. The number of hydrogen-bond acceptors (Lipinski definition) is 3. The van der Waals surface area contributed by atoms with Gasteiger partial charge in [-0.25, -0.2) is 4.98 Å². The van der Waals surface area contributed by atoms with Crippen LogP contribution >= 0.6 is 0 Å². The summed E-state index contributed by atoms with van der Waals surface area (Å²) >= 11 is 0. The monoisotopic (exact) mass is 191 g/mol. The van der Waals surface area contributed by atoms with Crippen LogP contribution in [0.2, 0.25) is 0 Å². The van der Waals surface area contributed by atoms with Crippen LogP contribution in [0.25, 0.3) is 0 Å². The Morgan fingerprint density at radius 3 is 2.79 bits per heavy atom. The van der Waals surface area contributed by atoms with Gasteiger partial charge in [0.25, 0.3) is 0 Å². The van der Waals surface area contributed by atoms with Crippen LogP contribution in [0.5, 0.6) is 0 Å². The fourth-order valence-electron chi connectivity index (χ4n) is 2.09. The van der Waals surface area contributed by atoms with Gasteiger partial charge >= 0.3 is 0 Å². The maximum atomic E-state index is 5.86. The Balaban J connectivity index is 2.12. The topological polar surface area (TPSA) is 42.2 Å². The summed E-state index contributed by atoms with van der Waals surface area (Å²) in [6, 6.07) is 4.09. The van der Waals surface area contributed by atoms with Gasteiger partial charge in [-0.2, -0.15) is 0 Å². The molecule has 0 saturated carbocycles. The highest BCUT2D eigenvalue weighted by atomic mass is 15.1. The van der Waals surface area contributed by atoms with Crippen molar-refractivity contribution in [3.05, 3.63) is 23.9 Å². The molecule has 1 aromatic rings. The van der Waals surface area contributed by atoms with Gasteiger partial charge in [0.1, 0.15) is 5.82 Å². The number of hydrogen-bond donors (Lipinski definition) is 1. The second-order valence-corrected chi connectivity index (χ2v) is 4.06. The zero-order valence-corrected chi connectivity index (χ0v) is 8.61. The average Bonchev–Trinajstić information content (AvgIpc) is 2.20. The van der Waals surface area contributed by atoms with Gasteiger partial charge in [-0.3, -0.25) is 0 Å². The van der Waals surface area contributed by atoms with Crippen LogP contribution in [-0.4, -0.2) is 30.0 Å². The van der Waals surface area contributed by atoms with Crippen molar-refractivity contribution >= 4 is 5.82 Å². The van der Waals surface area contributed by atoms with Gasteiger partial charge in [0.15, 0.2) is 0 Å². The minimum atomic E-state index is 0.611. The van der Waals surface area contributed by atoms with E-state index in [0.717, 1.165) is 0 Å². The molecule has 0 bridgehead atoms. The normalized spacial score (nSPS) is 19.8. The van der Waals surface area contributed by atoms with Gasteiger partial charge in [0.2, 0.25) is 0 Å². The summed E-state index contributed by atoms with van der Waals surface area (Å²) in [6.45, 7) is 2.33. The van der Waals surface area contributed by atoms with E-state index in [1.807, 2.05) is 6.07 Å². The Morgan fingerprint density at radius 1 is 1.43 bits per heavy atom. The molecule has 2 N–H and O–H groups in total. The third-order valence-electron chi connectivity index (χ3n) is 3.03. The minimum absolute atomic E-state index is 0.611. The van der Waals surface area contributed by atoms with Crippen molar-refractivity contribution in [3.63, 3.8) is 0 Å². The summed E-state index contributed by atoms with van der Waals surface area (Å²) in [7, 11) is 2.17. The van der Waals surface area contributed by atoms with Crippen LogP contribution in [0.1, 0.15) is 24.3 Å². The summed E-state index contributed by atoms with van der Waals surface area (Å²) < 4.78 is 0. The SMILES string of the molecule is CN1CCC(c2cccnc2N)CC1. The molecule has 1 aromatic heterocycles. The van der Waals surface area contributed by atoms with E-state index >= 15 is 0 Å². The van der Waals surface area contributed by atoms with Crippen LogP contribution in [0, 0.1) is 0 Å². The Bertz CT molecular complexity index is 303. The fourth-order valence-corrected chi connectivity index (χ4v) is 2.09. The van der Waals surface area contributed by atoms with E-state index in [1.54, 1.807) is 6.20 Å². The minimum Gasteiger partial charge on any atom is -0.383 e. The molecule has 1 fully saturated rings. The first kappa shape index (κ1) is 9.46. The van der Waals surface area contributed by atoms with E-state index in [-0.39, 0.29) is 0 Å². The Labute approximate surface area is 84.9 Å². The fraction of sp³-hybridized carbons (Fsp3) is 0.545. The lowest BCUT2D eigenvalue weighted by atomic mass is 9.90. The van der Waals surface area contributed by atoms with Gasteiger partial charge in [-0.15, -0.1) is 0 Å². The molecule has 0 amide bonds. The summed E-state index contributed by atoms with van der Waals surface area (Å²) in [6.07, 6.45) is 4.16. The zero-order valence-electron chi connectivity index (χ0n) is 8.61. The molecule has 76 valence electrons. The Hall–Kier alpha value is -1.09. The lowest BCUT2D eigenvalue weighted by Gasteiger charge is -2.29. The predicted molar refractivity (Wildman–Crippen MR) is 58.1 cm³/mol. The quantitative estimate of drug-likeness (QED) is 0.731. The van der Waals surface area contributed by atoms with E-state index in [4.69, 9.17) is 5.73 Å². The van der Waals surface area contributed by atoms with Gasteiger partial charge in [0.05, 0.1) is 0 Å². The number of piperidine rings is 1. The molecule has 14 heavy (non-hydrogen) atoms. The lowest BCUT2D eigenvalue weighted by molar-refractivity contribution is 0.255. The van der Waals surface area contributed by atoms with Crippen LogP contribution in [-0.2, 0) is 0 Å². The van der Waals surface area contributed by atoms with Crippen molar-refractivity contribution in [1.29, 1.82) is 0 Å². The number of nitrogens with zero attached hydrogens (tertiary/aromatic N) is 2. The van der Waals surface area contributed by atoms with Gasteiger partial charge in [0, 0.05) is 6.20 Å². The van der Waals surface area contributed by atoms with Crippen molar-refractivity contribution in [2.75, 3.05) is 25.9 Å². The molecular formula is C11H17N3. The number of rotatable bonds is 1. The van der Waals surface area contributed by atoms with E-state index in [1.165, 1.54) is 31.5 Å². The second kappa shape index (κ2) is 3.96. The smallest absolute Gasteiger partial charge is 0.126 e. The molecule has 1 aliphatic heterocycles. The first-order chi connectivity index (χ1) is 6.77. The van der Waals surface area contributed by atoms with Gasteiger partial charge in [-0.1, -0.05) is 6.07 Å². The second-order valence-electron chi connectivity index (χ2n) is 4.06. The average molecular weight is 191 g/mol. The van der Waals surface area contributed by atoms with Gasteiger partial charge < -0.3 is 10.6 Å². The van der Waals surface area contributed by atoms with Gasteiger partial charge in [-0.05, 0) is 50.5 Å². The number of nitrogen functional groups attached to an aromatic ring is 1. The molecule has 1 aliphatic rings. The standard InChI is InChI=1S/C11H17N3/c1-14-7-4-9(5-8-14)10-3-2-6-13-11(10)12/h2-3,6,9H,4-5,7-8H2,1H3,(H2,12,13). The van der Waals surface area contributed by atoms with E-state index < -0.39 is 0 Å². The van der Waals surface area contributed by atoms with Crippen LogP contribution in [0.3, 0.4) is 0 Å². The molecule has 0 aliphatic carbocycles. The summed E-state index contributed by atoms with van der Waals surface area (Å²) in [5.41, 5.74) is 7.10. The van der Waals surface area contributed by atoms with E-state index in [9.17, 15) is 0 Å². The molecule has 2 heterocycles. The predicted octanol–water partition coefficient (Wildman–Crippen LogP) is 1.47. The number of nitrogens with two attached hydrogens (primary N) is 1. The largest absolute Gasteiger partial charge is 0.383 e. The van der Waals surface area contributed by atoms with Crippen molar-refractivity contribution in [1.82, 2.24) is 9.88 Å². The molecule has 0 aromatic carbocycles. The number of likely N-dealkylation sites (tertiary alicyclic amines) is 1. The van der Waals surface area contributed by atoms with Crippen LogP contribution in [0.4, 0.5) is 5.82 Å². The van der Waals surface area contributed by atoms with Crippen molar-refractivity contribution < 1.29 is 0 Å². The summed E-state index contributed by atoms with van der Waals surface area (Å²) in [5.74, 6) is 1.32. The maximum absolute atomic E-state index is 5.86. The molecule has 1 saturated heterocycles. The van der Waals surface area contributed by atoms with Crippen molar-refractivity contribution in [2.45, 2.75) is 18.8 Å². The Kier molecular flexibility index (Phi) is 2.68. The van der Waals surface area contributed by atoms with Crippen molar-refractivity contribution in [2.24, 2.45) is 0 Å². The number of pyridine rings is 1. The molecule has 3 nitrogen and oxygen atoms in total. The molecule has 0 radical (unpaired) electrons. The van der Waals surface area contributed by atoms with Crippen LogP contribution in [0.15, 0.2) is 18.3 Å². The highest BCUT2D eigenvalue weighted by molar-refractivity contribution is 5.41. The molecular weight excluding hydrogens is 174 g/mol. The summed E-state index contributed by atoms with van der Waals surface area (Å²) in [4.78, 5) is 6.50. The third kappa shape index (κ3) is 1.87. The molecule has 3 heteroatoms. The maximum Gasteiger partial charge on any atom is 0.126 e. The first-order valence-electron chi connectivity index (χ1n) is 5.16. The molecule has 0 unspecified atom stereocenters. The highest BCUT2D eigenvalue weighted by Gasteiger charge is 2.19. The molecule has 0 atom stereocenters. The number of aromatic nitrogens is 1. The third-order valence-corrected chi connectivity index (χ3v) is 3.03. The molecule has 0 spiro atoms. The van der Waals surface area contributed by atoms with Crippen LogP contribution < -0.4 is 5.73 Å². The first-order valence-corrected chi connectivity index (χ1v) is 5.16. The van der Waals surface area contributed by atoms with Crippen molar-refractivity contribution in [3.8, 4) is 0 Å². The number of anilines is 1. The lowest BCUT2D eigenvalue weighted by Crippen LogP contribution is -2.29. The highest BCUT2D eigenvalue weighted by Crippen LogP contribution is 2.29.